The van der Waals surface area contributed by atoms with Gasteiger partial charge in [-0.1, -0.05) is 17.7 Å². The minimum atomic E-state index is -2.00. The van der Waals surface area contributed by atoms with E-state index in [1.54, 1.807) is 0 Å². The largest absolute Gasteiger partial charge is 0.221 e. The van der Waals surface area contributed by atoms with E-state index in [4.69, 9.17) is 11.6 Å². The van der Waals surface area contributed by atoms with E-state index in [-0.39, 0.29) is 6.42 Å². The maximum atomic E-state index is 12.5. The molecular formula is C6H5ClF2. The van der Waals surface area contributed by atoms with E-state index in [0.29, 0.717) is 0 Å². The van der Waals surface area contributed by atoms with Crippen LogP contribution in [0, 0.1) is 0 Å². The lowest BCUT2D eigenvalue weighted by Gasteiger charge is -2.13. The number of hydrogen-bond donors (Lipinski definition) is 0. The Morgan fingerprint density at radius 2 is 2.33 bits per heavy atom. The van der Waals surface area contributed by atoms with E-state index in [1.807, 2.05) is 0 Å². The standard InChI is InChI=1S/C6H5ClF2/c7-6(9)3-1-2-5(8)4-6/h1-3H,4H2. The fourth-order valence-corrected chi connectivity index (χ4v) is 0.837. The van der Waals surface area contributed by atoms with Crippen LogP contribution in [0.5, 0.6) is 0 Å². The molecule has 9 heavy (non-hydrogen) atoms. The summed E-state index contributed by atoms with van der Waals surface area (Å²) in [4.78, 5) is 0. The summed E-state index contributed by atoms with van der Waals surface area (Å²) >= 11 is 5.13. The summed E-state index contributed by atoms with van der Waals surface area (Å²) in [5, 5.41) is -2.00. The van der Waals surface area contributed by atoms with Crippen LogP contribution in [-0.4, -0.2) is 5.13 Å². The van der Waals surface area contributed by atoms with Gasteiger partial charge in [0, 0.05) is 0 Å². The third-order valence-corrected chi connectivity index (χ3v) is 1.28. The molecule has 0 amide bonds. The monoisotopic (exact) mass is 150 g/mol. The quantitative estimate of drug-likeness (QED) is 0.466. The van der Waals surface area contributed by atoms with E-state index < -0.39 is 11.0 Å². The zero-order valence-corrected chi connectivity index (χ0v) is 5.33. The topological polar surface area (TPSA) is 0 Å². The second-order valence-corrected chi connectivity index (χ2v) is 2.54. The lowest BCUT2D eigenvalue weighted by molar-refractivity contribution is 0.320. The molecule has 1 atom stereocenters. The molecule has 0 bridgehead atoms. The normalized spacial score (nSPS) is 34.3. The molecule has 1 aliphatic rings. The number of allylic oxidation sites excluding steroid dienone is 4. The third kappa shape index (κ3) is 1.79. The maximum Gasteiger partial charge on any atom is 0.208 e. The number of halogens is 3. The highest BCUT2D eigenvalue weighted by Crippen LogP contribution is 2.30. The van der Waals surface area contributed by atoms with Gasteiger partial charge in [-0.05, 0) is 12.2 Å². The molecule has 0 aromatic heterocycles. The molecule has 1 rings (SSSR count). The minimum Gasteiger partial charge on any atom is -0.221 e. The van der Waals surface area contributed by atoms with Crippen LogP contribution in [0.15, 0.2) is 24.1 Å². The molecule has 1 aliphatic carbocycles. The van der Waals surface area contributed by atoms with Gasteiger partial charge >= 0.3 is 0 Å². The predicted molar refractivity (Wildman–Crippen MR) is 32.6 cm³/mol. The zero-order chi connectivity index (χ0) is 6.91. The number of alkyl halides is 2. The molecule has 0 aromatic rings. The summed E-state index contributed by atoms with van der Waals surface area (Å²) in [5.74, 6) is -0.519. The Kier molecular flexibility index (Phi) is 1.58. The lowest BCUT2D eigenvalue weighted by atomic mass is 10.1. The maximum absolute atomic E-state index is 12.5. The molecule has 0 aliphatic heterocycles. The molecule has 1 unspecified atom stereocenters. The van der Waals surface area contributed by atoms with Gasteiger partial charge in [0.1, 0.15) is 5.83 Å². The van der Waals surface area contributed by atoms with Gasteiger partial charge in [-0.2, -0.15) is 0 Å². The van der Waals surface area contributed by atoms with Crippen LogP contribution in [0.1, 0.15) is 6.42 Å². The molecule has 0 spiro atoms. The highest BCUT2D eigenvalue weighted by molar-refractivity contribution is 6.24. The summed E-state index contributed by atoms with van der Waals surface area (Å²) in [7, 11) is 0. The molecular weight excluding hydrogens is 146 g/mol. The molecule has 0 nitrogen and oxygen atoms in total. The summed E-state index contributed by atoms with van der Waals surface area (Å²) in [6.07, 6.45) is 3.23. The number of hydrogen-bond acceptors (Lipinski definition) is 0. The second kappa shape index (κ2) is 2.10. The van der Waals surface area contributed by atoms with Crippen LogP contribution in [-0.2, 0) is 0 Å². The fraction of sp³-hybridized carbons (Fsp3) is 0.333. The summed E-state index contributed by atoms with van der Waals surface area (Å²) in [6, 6.07) is 0. The van der Waals surface area contributed by atoms with Gasteiger partial charge in [0.15, 0.2) is 0 Å². The van der Waals surface area contributed by atoms with Crippen LogP contribution in [0.25, 0.3) is 0 Å². The van der Waals surface area contributed by atoms with E-state index >= 15 is 0 Å². The average Bonchev–Trinajstić information content (AvgIpc) is 1.60. The van der Waals surface area contributed by atoms with Gasteiger partial charge in [-0.25, -0.2) is 8.78 Å². The molecule has 0 radical (unpaired) electrons. The second-order valence-electron chi connectivity index (χ2n) is 1.91. The smallest absolute Gasteiger partial charge is 0.208 e. The highest BCUT2D eigenvalue weighted by Gasteiger charge is 2.26. The molecule has 0 saturated carbocycles. The van der Waals surface area contributed by atoms with Crippen LogP contribution in [0.3, 0.4) is 0 Å². The van der Waals surface area contributed by atoms with Gasteiger partial charge in [0.2, 0.25) is 5.13 Å². The van der Waals surface area contributed by atoms with Crippen LogP contribution in [0.2, 0.25) is 0 Å². The Morgan fingerprint density at radius 3 is 2.67 bits per heavy atom. The van der Waals surface area contributed by atoms with E-state index in [0.717, 1.165) is 6.08 Å². The Labute approximate surface area is 56.8 Å². The first-order valence-corrected chi connectivity index (χ1v) is 2.90. The van der Waals surface area contributed by atoms with Gasteiger partial charge in [0.25, 0.3) is 0 Å². The van der Waals surface area contributed by atoms with E-state index in [2.05, 4.69) is 0 Å². The Bertz CT molecular complexity index is 170. The van der Waals surface area contributed by atoms with Crippen molar-refractivity contribution in [3.05, 3.63) is 24.1 Å². The van der Waals surface area contributed by atoms with Gasteiger partial charge in [-0.15, -0.1) is 0 Å². The van der Waals surface area contributed by atoms with Gasteiger partial charge in [-0.3, -0.25) is 0 Å². The molecule has 3 heteroatoms. The molecule has 0 heterocycles. The third-order valence-electron chi connectivity index (χ3n) is 1.02. The summed E-state index contributed by atoms with van der Waals surface area (Å²) in [5.41, 5.74) is 0. The molecule has 50 valence electrons. The lowest BCUT2D eigenvalue weighted by Crippen LogP contribution is -2.12. The minimum absolute atomic E-state index is 0.356. The van der Waals surface area contributed by atoms with Crippen molar-refractivity contribution >= 4 is 11.6 Å². The van der Waals surface area contributed by atoms with E-state index in [1.165, 1.54) is 12.2 Å². The van der Waals surface area contributed by atoms with Crippen LogP contribution in [0.4, 0.5) is 8.78 Å². The molecule has 0 saturated heterocycles. The summed E-state index contributed by atoms with van der Waals surface area (Å²) < 4.78 is 24.7. The van der Waals surface area contributed by atoms with Crippen molar-refractivity contribution in [1.29, 1.82) is 0 Å². The van der Waals surface area contributed by atoms with E-state index in [9.17, 15) is 8.78 Å². The van der Waals surface area contributed by atoms with Crippen molar-refractivity contribution in [2.75, 3.05) is 0 Å². The predicted octanol–water partition coefficient (Wildman–Crippen LogP) is 2.70. The van der Waals surface area contributed by atoms with Crippen LogP contribution < -0.4 is 0 Å². The van der Waals surface area contributed by atoms with Crippen LogP contribution >= 0.6 is 11.6 Å². The first-order chi connectivity index (χ1) is 4.10. The molecule has 0 aromatic carbocycles. The first kappa shape index (κ1) is 6.75. The van der Waals surface area contributed by atoms with Crippen molar-refractivity contribution in [2.45, 2.75) is 11.5 Å². The highest BCUT2D eigenvalue weighted by atomic mass is 35.5. The average molecular weight is 151 g/mol. The Balaban J connectivity index is 2.73. The van der Waals surface area contributed by atoms with Gasteiger partial charge in [0.05, 0.1) is 6.42 Å². The zero-order valence-electron chi connectivity index (χ0n) is 4.57. The number of rotatable bonds is 0. The fourth-order valence-electron chi connectivity index (χ4n) is 0.636. The molecule has 0 fully saturated rings. The summed E-state index contributed by atoms with van der Waals surface area (Å²) in [6.45, 7) is 0. The SMILES string of the molecule is FC1=CC=CC(F)(Cl)C1. The van der Waals surface area contributed by atoms with Crippen molar-refractivity contribution in [2.24, 2.45) is 0 Å². The first-order valence-electron chi connectivity index (χ1n) is 2.52. The van der Waals surface area contributed by atoms with Crippen molar-refractivity contribution < 1.29 is 8.78 Å². The Morgan fingerprint density at radius 1 is 1.67 bits per heavy atom. The van der Waals surface area contributed by atoms with Crippen molar-refractivity contribution in [3.63, 3.8) is 0 Å². The Hall–Kier alpha value is -0.370. The van der Waals surface area contributed by atoms with Crippen molar-refractivity contribution in [3.8, 4) is 0 Å². The molecule has 0 N–H and O–H groups in total. The van der Waals surface area contributed by atoms with Crippen molar-refractivity contribution in [1.82, 2.24) is 0 Å². The van der Waals surface area contributed by atoms with Gasteiger partial charge < -0.3 is 0 Å².